The third-order valence-corrected chi connectivity index (χ3v) is 4.45. The van der Waals surface area contributed by atoms with Crippen LogP contribution in [0.15, 0.2) is 45.3 Å². The number of aryl methyl sites for hydroxylation is 2. The molecule has 0 spiro atoms. The number of para-hydroxylation sites is 1. The predicted octanol–water partition coefficient (Wildman–Crippen LogP) is 6.08. The van der Waals surface area contributed by atoms with Crippen LogP contribution in [-0.4, -0.2) is 0 Å². The van der Waals surface area contributed by atoms with Gasteiger partial charge in [0.25, 0.3) is 0 Å². The monoisotopic (exact) mass is 363 g/mol. The molecule has 1 N–H and O–H groups in total. The van der Waals surface area contributed by atoms with Crippen LogP contribution in [0.5, 0.6) is 0 Å². The molecular weight excluding hydrogens is 350 g/mol. The fourth-order valence-corrected chi connectivity index (χ4v) is 3.62. The molecule has 0 saturated heterocycles. The minimum absolute atomic E-state index is 0.449. The first-order valence-corrected chi connectivity index (χ1v) is 7.90. The van der Waals surface area contributed by atoms with Gasteiger partial charge in [-0.3, -0.25) is 0 Å². The molecule has 0 amide bonds. The number of rotatable bonds is 3. The van der Waals surface area contributed by atoms with Gasteiger partial charge in [-0.1, -0.05) is 24.3 Å². The Balaban J connectivity index is 1.92. The van der Waals surface area contributed by atoms with E-state index in [1.165, 1.54) is 11.1 Å². The van der Waals surface area contributed by atoms with Gasteiger partial charge in [0.05, 0.1) is 5.69 Å². The van der Waals surface area contributed by atoms with E-state index in [-0.39, 0.29) is 0 Å². The van der Waals surface area contributed by atoms with Crippen molar-refractivity contribution in [2.24, 2.45) is 0 Å². The second-order valence-corrected chi connectivity index (χ2v) is 6.34. The first kappa shape index (κ1) is 14.5. The Hall–Kier alpha value is -1.45. The van der Waals surface area contributed by atoms with E-state index in [1.54, 1.807) is 0 Å². The summed E-state index contributed by atoms with van der Waals surface area (Å²) in [5.41, 5.74) is 5.32. The van der Waals surface area contributed by atoms with Gasteiger partial charge in [0, 0.05) is 22.0 Å². The zero-order valence-corrected chi connectivity index (χ0v) is 14.2. The van der Waals surface area contributed by atoms with E-state index in [2.05, 4.69) is 47.2 Å². The van der Waals surface area contributed by atoms with Crippen molar-refractivity contribution in [2.75, 3.05) is 5.32 Å². The fourth-order valence-electron chi connectivity index (χ4n) is 2.55. The highest BCUT2D eigenvalue weighted by Crippen LogP contribution is 2.32. The molecule has 0 aliphatic carbocycles. The van der Waals surface area contributed by atoms with Gasteiger partial charge in [-0.2, -0.15) is 0 Å². The molecule has 0 unspecified atom stereocenters. The lowest BCUT2D eigenvalue weighted by Crippen LogP contribution is -2.02. The molecule has 3 aromatic rings. The number of nitrogens with one attached hydrogen (secondary N) is 1. The van der Waals surface area contributed by atoms with Gasteiger partial charge in [-0.25, -0.2) is 0 Å². The molecule has 0 atom stereocenters. The zero-order valence-electron chi connectivity index (χ0n) is 11.8. The quantitative estimate of drug-likeness (QED) is 0.609. The number of anilines is 1. The van der Waals surface area contributed by atoms with E-state index >= 15 is 0 Å². The smallest absolute Gasteiger partial charge is 0.199 e. The van der Waals surface area contributed by atoms with Gasteiger partial charge in [-0.05, 0) is 64.6 Å². The van der Waals surface area contributed by atoms with Crippen molar-refractivity contribution in [1.82, 2.24) is 0 Å². The van der Waals surface area contributed by atoms with Crippen LogP contribution in [-0.2, 0) is 6.54 Å². The summed E-state index contributed by atoms with van der Waals surface area (Å²) in [6.45, 7) is 4.80. The van der Waals surface area contributed by atoms with E-state index in [0.717, 1.165) is 26.7 Å². The first-order valence-electron chi connectivity index (χ1n) is 6.73. The molecule has 0 saturated carbocycles. The van der Waals surface area contributed by atoms with Gasteiger partial charge >= 0.3 is 0 Å². The SMILES string of the molecule is Cc1cc(C)c(NCc2c(Cl)oc3ccccc23)c(Br)c1. The minimum Gasteiger partial charge on any atom is -0.444 e. The van der Waals surface area contributed by atoms with Crippen molar-refractivity contribution < 1.29 is 4.42 Å². The summed E-state index contributed by atoms with van der Waals surface area (Å²) in [4.78, 5) is 0. The number of hydrogen-bond acceptors (Lipinski definition) is 2. The average Bonchev–Trinajstić information content (AvgIpc) is 2.73. The van der Waals surface area contributed by atoms with Crippen molar-refractivity contribution in [3.8, 4) is 0 Å². The lowest BCUT2D eigenvalue weighted by Gasteiger charge is -2.12. The Morgan fingerprint density at radius 3 is 2.71 bits per heavy atom. The van der Waals surface area contributed by atoms with Crippen molar-refractivity contribution in [1.29, 1.82) is 0 Å². The Morgan fingerprint density at radius 1 is 1.19 bits per heavy atom. The summed E-state index contributed by atoms with van der Waals surface area (Å²) in [6.07, 6.45) is 0. The third kappa shape index (κ3) is 2.81. The van der Waals surface area contributed by atoms with E-state index in [1.807, 2.05) is 24.3 Å². The van der Waals surface area contributed by atoms with Crippen LogP contribution in [0.25, 0.3) is 11.0 Å². The predicted molar refractivity (Wildman–Crippen MR) is 92.2 cm³/mol. The number of furan rings is 1. The normalized spacial score (nSPS) is 11.0. The molecule has 0 radical (unpaired) electrons. The van der Waals surface area contributed by atoms with Crippen molar-refractivity contribution in [2.45, 2.75) is 20.4 Å². The summed E-state index contributed by atoms with van der Waals surface area (Å²) < 4.78 is 6.64. The zero-order chi connectivity index (χ0) is 15.0. The van der Waals surface area contributed by atoms with E-state index in [0.29, 0.717) is 11.8 Å². The average molecular weight is 365 g/mol. The number of halogens is 2. The molecular formula is C17H15BrClNO. The molecule has 0 aliphatic rings. The molecule has 108 valence electrons. The molecule has 0 bridgehead atoms. The molecule has 1 aromatic heterocycles. The standard InChI is InChI=1S/C17H15BrClNO/c1-10-7-11(2)16(14(18)8-10)20-9-13-12-5-3-4-6-15(12)21-17(13)19/h3-8,20H,9H2,1-2H3. The Kier molecular flexibility index (Phi) is 3.96. The van der Waals surface area contributed by atoms with E-state index in [9.17, 15) is 0 Å². The largest absolute Gasteiger partial charge is 0.444 e. The molecule has 0 fully saturated rings. The Bertz CT molecular complexity index is 787. The molecule has 1 heterocycles. The number of hydrogen-bond donors (Lipinski definition) is 1. The van der Waals surface area contributed by atoms with E-state index in [4.69, 9.17) is 16.0 Å². The van der Waals surface area contributed by atoms with E-state index < -0.39 is 0 Å². The van der Waals surface area contributed by atoms with Gasteiger partial charge in [0.2, 0.25) is 0 Å². The number of fused-ring (bicyclic) bond motifs is 1. The van der Waals surface area contributed by atoms with Crippen LogP contribution < -0.4 is 5.32 Å². The topological polar surface area (TPSA) is 25.2 Å². The van der Waals surface area contributed by atoms with Gasteiger partial charge in [0.1, 0.15) is 5.58 Å². The van der Waals surface area contributed by atoms with Crippen LogP contribution in [0.2, 0.25) is 5.22 Å². The van der Waals surface area contributed by atoms with Gasteiger partial charge < -0.3 is 9.73 Å². The lowest BCUT2D eigenvalue weighted by atomic mass is 10.1. The van der Waals surface area contributed by atoms with Crippen LogP contribution in [0.3, 0.4) is 0 Å². The fraction of sp³-hybridized carbons (Fsp3) is 0.176. The Morgan fingerprint density at radius 2 is 1.95 bits per heavy atom. The summed E-state index contributed by atoms with van der Waals surface area (Å²) in [7, 11) is 0. The van der Waals surface area contributed by atoms with Gasteiger partial charge in [-0.15, -0.1) is 0 Å². The lowest BCUT2D eigenvalue weighted by molar-refractivity contribution is 0.613. The molecule has 4 heteroatoms. The Labute approximate surface area is 137 Å². The van der Waals surface area contributed by atoms with Crippen LogP contribution in [0.4, 0.5) is 5.69 Å². The molecule has 3 rings (SSSR count). The summed E-state index contributed by atoms with van der Waals surface area (Å²) in [5, 5.41) is 4.95. The number of benzene rings is 2. The highest BCUT2D eigenvalue weighted by Gasteiger charge is 2.13. The first-order chi connectivity index (χ1) is 10.1. The van der Waals surface area contributed by atoms with Crippen molar-refractivity contribution >= 4 is 44.2 Å². The maximum absolute atomic E-state index is 6.22. The third-order valence-electron chi connectivity index (χ3n) is 3.52. The van der Waals surface area contributed by atoms with Gasteiger partial charge in [0.15, 0.2) is 5.22 Å². The summed E-state index contributed by atoms with van der Waals surface area (Å²) in [6, 6.07) is 12.1. The maximum Gasteiger partial charge on any atom is 0.199 e. The van der Waals surface area contributed by atoms with Crippen LogP contribution in [0.1, 0.15) is 16.7 Å². The van der Waals surface area contributed by atoms with Crippen molar-refractivity contribution in [3.63, 3.8) is 0 Å². The highest BCUT2D eigenvalue weighted by molar-refractivity contribution is 9.10. The molecule has 21 heavy (non-hydrogen) atoms. The van der Waals surface area contributed by atoms with Crippen LogP contribution >= 0.6 is 27.5 Å². The van der Waals surface area contributed by atoms with Crippen molar-refractivity contribution in [3.05, 3.63) is 62.8 Å². The second-order valence-electron chi connectivity index (χ2n) is 5.14. The highest BCUT2D eigenvalue weighted by atomic mass is 79.9. The minimum atomic E-state index is 0.449. The second kappa shape index (κ2) is 5.74. The maximum atomic E-state index is 6.22. The molecule has 0 aliphatic heterocycles. The van der Waals surface area contributed by atoms with Crippen LogP contribution in [0, 0.1) is 13.8 Å². The molecule has 2 nitrogen and oxygen atoms in total. The molecule has 2 aromatic carbocycles. The summed E-state index contributed by atoms with van der Waals surface area (Å²) >= 11 is 9.83. The summed E-state index contributed by atoms with van der Waals surface area (Å²) in [5.74, 6) is 0.